The molecule has 0 bridgehead atoms. The van der Waals surface area contributed by atoms with Gasteiger partial charge in [0.25, 0.3) is 5.92 Å². The molecule has 2 rings (SSSR count). The van der Waals surface area contributed by atoms with Crippen LogP contribution < -0.4 is 5.32 Å². The summed E-state index contributed by atoms with van der Waals surface area (Å²) in [7, 11) is 0. The van der Waals surface area contributed by atoms with Gasteiger partial charge in [-0.3, -0.25) is 4.90 Å². The summed E-state index contributed by atoms with van der Waals surface area (Å²) in [6, 6.07) is 6.73. The van der Waals surface area contributed by atoms with Gasteiger partial charge in [0.15, 0.2) is 0 Å². The zero-order valence-corrected chi connectivity index (χ0v) is 10.0. The number of nitrogens with zero attached hydrogens (tertiary/aromatic N) is 1. The van der Waals surface area contributed by atoms with Crippen LogP contribution in [-0.2, 0) is 5.92 Å². The molecular formula is C13H18F2N2. The molecule has 1 saturated heterocycles. The molecular weight excluding hydrogens is 222 g/mol. The summed E-state index contributed by atoms with van der Waals surface area (Å²) in [4.78, 5) is 1.82. The Hall–Kier alpha value is -1.00. The molecule has 4 heteroatoms. The first-order chi connectivity index (χ1) is 8.09. The third kappa shape index (κ3) is 3.01. The quantitative estimate of drug-likeness (QED) is 0.869. The predicted octanol–water partition coefficient (Wildman–Crippen LogP) is 1.99. The number of hydrogen-bond donors (Lipinski definition) is 1. The zero-order valence-electron chi connectivity index (χ0n) is 10.0. The molecule has 1 fully saturated rings. The van der Waals surface area contributed by atoms with Gasteiger partial charge in [-0.2, -0.15) is 8.78 Å². The van der Waals surface area contributed by atoms with Crippen LogP contribution in [0.5, 0.6) is 0 Å². The molecule has 94 valence electrons. The molecule has 1 aliphatic heterocycles. The van der Waals surface area contributed by atoms with E-state index in [9.17, 15) is 8.78 Å². The van der Waals surface area contributed by atoms with E-state index >= 15 is 0 Å². The first-order valence-corrected chi connectivity index (χ1v) is 5.96. The fraction of sp³-hybridized carbons (Fsp3) is 0.538. The highest BCUT2D eigenvalue weighted by molar-refractivity contribution is 5.29. The maximum Gasteiger partial charge on any atom is 0.285 e. The van der Waals surface area contributed by atoms with Crippen molar-refractivity contribution in [2.75, 3.05) is 32.7 Å². The van der Waals surface area contributed by atoms with Gasteiger partial charge in [0.05, 0.1) is 6.54 Å². The smallest absolute Gasteiger partial charge is 0.285 e. The van der Waals surface area contributed by atoms with E-state index in [1.54, 1.807) is 25.1 Å². The summed E-state index contributed by atoms with van der Waals surface area (Å²) in [5, 5.41) is 3.17. The monoisotopic (exact) mass is 240 g/mol. The van der Waals surface area contributed by atoms with Gasteiger partial charge in [-0.25, -0.2) is 0 Å². The van der Waals surface area contributed by atoms with Crippen LogP contribution in [0.2, 0.25) is 0 Å². The van der Waals surface area contributed by atoms with E-state index in [-0.39, 0.29) is 12.1 Å². The number of hydrogen-bond acceptors (Lipinski definition) is 2. The molecule has 0 aromatic heterocycles. The lowest BCUT2D eigenvalue weighted by molar-refractivity contribution is -0.0405. The topological polar surface area (TPSA) is 15.3 Å². The van der Waals surface area contributed by atoms with Gasteiger partial charge >= 0.3 is 0 Å². The molecule has 0 saturated carbocycles. The van der Waals surface area contributed by atoms with Gasteiger partial charge in [-0.05, 0) is 12.5 Å². The molecule has 0 amide bonds. The minimum absolute atomic E-state index is 0.151. The Bertz CT molecular complexity index is 373. The van der Waals surface area contributed by atoms with Crippen LogP contribution in [-0.4, -0.2) is 37.6 Å². The lowest BCUT2D eigenvalue weighted by Crippen LogP contribution is -2.47. The lowest BCUT2D eigenvalue weighted by Gasteiger charge is -2.31. The van der Waals surface area contributed by atoms with Crippen molar-refractivity contribution in [3.8, 4) is 0 Å². The second kappa shape index (κ2) is 5.10. The van der Waals surface area contributed by atoms with Crippen molar-refractivity contribution in [1.82, 2.24) is 10.2 Å². The minimum Gasteiger partial charge on any atom is -0.314 e. The Morgan fingerprint density at radius 1 is 1.24 bits per heavy atom. The summed E-state index contributed by atoms with van der Waals surface area (Å²) >= 11 is 0. The normalized spacial score (nSPS) is 18.3. The van der Waals surface area contributed by atoms with Crippen LogP contribution in [0.1, 0.15) is 11.1 Å². The number of nitrogens with one attached hydrogen (secondary N) is 1. The van der Waals surface area contributed by atoms with E-state index in [2.05, 4.69) is 5.32 Å². The van der Waals surface area contributed by atoms with E-state index in [4.69, 9.17) is 0 Å². The molecule has 2 nitrogen and oxygen atoms in total. The molecule has 0 radical (unpaired) electrons. The first kappa shape index (κ1) is 12.5. The second-order valence-electron chi connectivity index (χ2n) is 4.55. The van der Waals surface area contributed by atoms with Crippen LogP contribution in [0, 0.1) is 6.92 Å². The van der Waals surface area contributed by atoms with Crippen molar-refractivity contribution in [1.29, 1.82) is 0 Å². The average Bonchev–Trinajstić information content (AvgIpc) is 2.30. The predicted molar refractivity (Wildman–Crippen MR) is 64.4 cm³/mol. The van der Waals surface area contributed by atoms with Crippen molar-refractivity contribution in [2.45, 2.75) is 12.8 Å². The minimum atomic E-state index is -2.76. The third-order valence-electron chi connectivity index (χ3n) is 3.17. The molecule has 1 heterocycles. The summed E-state index contributed by atoms with van der Waals surface area (Å²) in [6.07, 6.45) is 0. The Morgan fingerprint density at radius 3 is 2.53 bits per heavy atom. The van der Waals surface area contributed by atoms with E-state index in [0.29, 0.717) is 18.7 Å². The number of alkyl halides is 2. The summed E-state index contributed by atoms with van der Waals surface area (Å²) in [6.45, 7) is 4.54. The van der Waals surface area contributed by atoms with Crippen molar-refractivity contribution in [3.63, 3.8) is 0 Å². The van der Waals surface area contributed by atoms with Gasteiger partial charge in [-0.1, -0.05) is 24.3 Å². The standard InChI is InChI=1S/C13H18F2N2/c1-11-4-2-3-5-12(11)13(14,15)10-17-8-6-16-7-9-17/h2-5,16H,6-10H2,1H3. The van der Waals surface area contributed by atoms with Crippen LogP contribution in [0.4, 0.5) is 8.78 Å². The third-order valence-corrected chi connectivity index (χ3v) is 3.17. The molecule has 0 atom stereocenters. The number of halogens is 2. The fourth-order valence-electron chi connectivity index (χ4n) is 2.22. The van der Waals surface area contributed by atoms with Gasteiger partial charge in [0.2, 0.25) is 0 Å². The van der Waals surface area contributed by atoms with Gasteiger partial charge in [-0.15, -0.1) is 0 Å². The number of aryl methyl sites for hydroxylation is 1. The van der Waals surface area contributed by atoms with Crippen LogP contribution >= 0.6 is 0 Å². The van der Waals surface area contributed by atoms with E-state index in [1.165, 1.54) is 6.07 Å². The highest BCUT2D eigenvalue weighted by atomic mass is 19.3. The Kier molecular flexibility index (Phi) is 3.74. The van der Waals surface area contributed by atoms with E-state index < -0.39 is 5.92 Å². The number of piperazine rings is 1. The highest BCUT2D eigenvalue weighted by Crippen LogP contribution is 2.31. The Morgan fingerprint density at radius 2 is 1.88 bits per heavy atom. The Labute approximate surface area is 101 Å². The number of rotatable bonds is 3. The van der Waals surface area contributed by atoms with Crippen molar-refractivity contribution >= 4 is 0 Å². The number of benzene rings is 1. The first-order valence-electron chi connectivity index (χ1n) is 5.96. The van der Waals surface area contributed by atoms with Crippen LogP contribution in [0.25, 0.3) is 0 Å². The van der Waals surface area contributed by atoms with Gasteiger partial charge < -0.3 is 5.32 Å². The lowest BCUT2D eigenvalue weighted by atomic mass is 10.0. The largest absolute Gasteiger partial charge is 0.314 e. The molecule has 1 aromatic rings. The van der Waals surface area contributed by atoms with Gasteiger partial charge in [0.1, 0.15) is 0 Å². The SMILES string of the molecule is Cc1ccccc1C(F)(F)CN1CCNCC1. The van der Waals surface area contributed by atoms with Crippen LogP contribution in [0.3, 0.4) is 0 Å². The average molecular weight is 240 g/mol. The van der Waals surface area contributed by atoms with Crippen molar-refractivity contribution in [2.24, 2.45) is 0 Å². The molecule has 0 unspecified atom stereocenters. The summed E-state index contributed by atoms with van der Waals surface area (Å²) in [5.41, 5.74) is 0.811. The molecule has 17 heavy (non-hydrogen) atoms. The molecule has 0 spiro atoms. The molecule has 1 aliphatic rings. The van der Waals surface area contributed by atoms with E-state index in [1.807, 2.05) is 4.90 Å². The van der Waals surface area contributed by atoms with Crippen molar-refractivity contribution < 1.29 is 8.78 Å². The van der Waals surface area contributed by atoms with Crippen molar-refractivity contribution in [3.05, 3.63) is 35.4 Å². The van der Waals surface area contributed by atoms with E-state index in [0.717, 1.165) is 13.1 Å². The maximum absolute atomic E-state index is 14.1. The highest BCUT2D eigenvalue weighted by Gasteiger charge is 2.35. The Balaban J connectivity index is 2.10. The zero-order chi connectivity index (χ0) is 12.3. The second-order valence-corrected chi connectivity index (χ2v) is 4.55. The summed E-state index contributed by atoms with van der Waals surface area (Å²) < 4.78 is 28.3. The molecule has 1 N–H and O–H groups in total. The van der Waals surface area contributed by atoms with Gasteiger partial charge in [0, 0.05) is 31.7 Å². The fourth-order valence-corrected chi connectivity index (χ4v) is 2.22. The van der Waals surface area contributed by atoms with Crippen LogP contribution in [0.15, 0.2) is 24.3 Å². The maximum atomic E-state index is 14.1. The molecule has 0 aliphatic carbocycles. The molecule has 1 aromatic carbocycles. The summed E-state index contributed by atoms with van der Waals surface area (Å²) in [5.74, 6) is -2.76.